The van der Waals surface area contributed by atoms with Gasteiger partial charge in [0.2, 0.25) is 0 Å². The zero-order valence-corrected chi connectivity index (χ0v) is 7.41. The number of rotatable bonds is 2. The predicted octanol–water partition coefficient (Wildman–Crippen LogP) is 1.79. The molecule has 1 aromatic heterocycles. The Kier molecular flexibility index (Phi) is 2.80. The fraction of sp³-hybridized carbons (Fsp3) is 0.333. The number of hydrogen-bond donors (Lipinski definition) is 1. The van der Waals surface area contributed by atoms with Gasteiger partial charge in [-0.05, 0) is 19.1 Å². The zero-order valence-electron chi connectivity index (χ0n) is 7.41. The van der Waals surface area contributed by atoms with E-state index in [1.54, 1.807) is 6.20 Å². The average molecular weight is 163 g/mol. The summed E-state index contributed by atoms with van der Waals surface area (Å²) < 4.78 is 0. The molecule has 0 aromatic carbocycles. The van der Waals surface area contributed by atoms with Gasteiger partial charge in [0.25, 0.3) is 0 Å². The van der Waals surface area contributed by atoms with E-state index in [1.165, 1.54) is 0 Å². The minimum absolute atomic E-state index is 0.645. The van der Waals surface area contributed by atoms with Crippen LogP contribution in [0.15, 0.2) is 23.3 Å². The molecule has 0 unspecified atom stereocenters. The maximum atomic E-state index is 5.60. The quantitative estimate of drug-likeness (QED) is 0.533. The molecule has 0 spiro atoms. The molecule has 0 aliphatic heterocycles. The largest absolute Gasteiger partial charge is 0.387 e. The van der Waals surface area contributed by atoms with Crippen LogP contribution < -0.4 is 5.73 Å². The second kappa shape index (κ2) is 3.85. The molecule has 0 aliphatic rings. The van der Waals surface area contributed by atoms with Crippen LogP contribution >= 0.6 is 0 Å². The van der Waals surface area contributed by atoms with Crippen molar-refractivity contribution in [1.82, 2.24) is 4.98 Å². The van der Waals surface area contributed by atoms with Gasteiger partial charge in [0.05, 0.1) is 17.2 Å². The van der Waals surface area contributed by atoms with Gasteiger partial charge in [0, 0.05) is 12.6 Å². The number of aromatic nitrogens is 1. The molecule has 3 nitrogen and oxygen atoms in total. The fourth-order valence-electron chi connectivity index (χ4n) is 0.828. The van der Waals surface area contributed by atoms with Crippen molar-refractivity contribution in [2.75, 3.05) is 0 Å². The summed E-state index contributed by atoms with van der Waals surface area (Å²) >= 11 is 0. The van der Waals surface area contributed by atoms with E-state index in [-0.39, 0.29) is 0 Å². The summed E-state index contributed by atoms with van der Waals surface area (Å²) in [4.78, 5) is 8.31. The van der Waals surface area contributed by atoms with Gasteiger partial charge in [-0.1, -0.05) is 6.92 Å². The summed E-state index contributed by atoms with van der Waals surface area (Å²) in [7, 11) is 0. The normalized spacial score (nSPS) is 11.7. The van der Waals surface area contributed by atoms with E-state index in [4.69, 9.17) is 5.73 Å². The molecular weight excluding hydrogens is 150 g/mol. The van der Waals surface area contributed by atoms with Crippen molar-refractivity contribution in [2.45, 2.75) is 20.3 Å². The highest BCUT2D eigenvalue weighted by molar-refractivity contribution is 5.82. The lowest BCUT2D eigenvalue weighted by Gasteiger charge is -1.99. The van der Waals surface area contributed by atoms with Gasteiger partial charge < -0.3 is 5.73 Å². The van der Waals surface area contributed by atoms with Gasteiger partial charge in [0.1, 0.15) is 0 Å². The Morgan fingerprint density at radius 3 is 3.00 bits per heavy atom. The van der Waals surface area contributed by atoms with Crippen LogP contribution in [0.2, 0.25) is 0 Å². The van der Waals surface area contributed by atoms with E-state index in [0.29, 0.717) is 5.84 Å². The molecule has 0 radical (unpaired) electrons. The van der Waals surface area contributed by atoms with E-state index in [9.17, 15) is 0 Å². The fourth-order valence-corrected chi connectivity index (χ4v) is 0.828. The summed E-state index contributed by atoms with van der Waals surface area (Å²) in [5.74, 6) is 0.645. The molecule has 1 rings (SSSR count). The molecule has 0 saturated heterocycles. The maximum Gasteiger partial charge on any atom is 0.0994 e. The van der Waals surface area contributed by atoms with Crippen LogP contribution in [0.1, 0.15) is 19.0 Å². The van der Waals surface area contributed by atoms with Crippen LogP contribution in [-0.2, 0) is 0 Å². The Labute approximate surface area is 72.3 Å². The number of nitrogens with two attached hydrogens (primary N) is 1. The average Bonchev–Trinajstić information content (AvgIpc) is 2.09. The lowest BCUT2D eigenvalue weighted by molar-refractivity contribution is 1.17. The Morgan fingerprint density at radius 1 is 1.67 bits per heavy atom. The summed E-state index contributed by atoms with van der Waals surface area (Å²) in [6, 6.07) is 3.76. The monoisotopic (exact) mass is 163 g/mol. The first-order valence-corrected chi connectivity index (χ1v) is 3.98. The molecule has 0 aliphatic carbocycles. The molecule has 0 fully saturated rings. The molecule has 64 valence electrons. The van der Waals surface area contributed by atoms with Gasteiger partial charge in [-0.3, -0.25) is 4.98 Å². The molecular formula is C9H13N3. The van der Waals surface area contributed by atoms with Crippen LogP contribution in [0.3, 0.4) is 0 Å². The van der Waals surface area contributed by atoms with Crippen molar-refractivity contribution in [3.63, 3.8) is 0 Å². The zero-order chi connectivity index (χ0) is 8.97. The summed E-state index contributed by atoms with van der Waals surface area (Å²) in [6.45, 7) is 3.90. The van der Waals surface area contributed by atoms with Crippen LogP contribution in [0.5, 0.6) is 0 Å². The highest BCUT2D eigenvalue weighted by atomic mass is 14.9. The molecule has 0 amide bonds. The van der Waals surface area contributed by atoms with Crippen molar-refractivity contribution in [3.8, 4) is 0 Å². The van der Waals surface area contributed by atoms with Gasteiger partial charge in [0.15, 0.2) is 0 Å². The molecule has 0 atom stereocenters. The standard InChI is InChI=1S/C9H13N3/c1-3-9(10)12-8-5-4-6-11-7(8)2/h4-6H,3H2,1-2H3,(H2,10,12). The first-order valence-electron chi connectivity index (χ1n) is 3.98. The Bertz CT molecular complexity index is 292. The minimum Gasteiger partial charge on any atom is -0.387 e. The second-order valence-corrected chi connectivity index (χ2v) is 2.56. The van der Waals surface area contributed by atoms with E-state index in [1.807, 2.05) is 26.0 Å². The van der Waals surface area contributed by atoms with Gasteiger partial charge in [-0.15, -0.1) is 0 Å². The van der Waals surface area contributed by atoms with Crippen LogP contribution in [0, 0.1) is 6.92 Å². The molecule has 1 heterocycles. The number of amidine groups is 1. The third-order valence-electron chi connectivity index (χ3n) is 1.61. The molecule has 0 saturated carbocycles. The summed E-state index contributed by atoms with van der Waals surface area (Å²) in [6.07, 6.45) is 2.52. The van der Waals surface area contributed by atoms with Crippen LogP contribution in [-0.4, -0.2) is 10.8 Å². The smallest absolute Gasteiger partial charge is 0.0994 e. The number of nitrogens with zero attached hydrogens (tertiary/aromatic N) is 2. The Balaban J connectivity index is 2.96. The van der Waals surface area contributed by atoms with Crippen LogP contribution in [0.4, 0.5) is 5.69 Å². The minimum atomic E-state index is 0.645. The molecule has 2 N–H and O–H groups in total. The maximum absolute atomic E-state index is 5.60. The lowest BCUT2D eigenvalue weighted by atomic mass is 10.3. The van der Waals surface area contributed by atoms with E-state index < -0.39 is 0 Å². The first-order chi connectivity index (χ1) is 5.74. The van der Waals surface area contributed by atoms with Crippen molar-refractivity contribution < 1.29 is 0 Å². The third kappa shape index (κ3) is 2.05. The summed E-state index contributed by atoms with van der Waals surface area (Å²) in [5, 5.41) is 0. The van der Waals surface area contributed by atoms with Crippen molar-refractivity contribution in [2.24, 2.45) is 10.7 Å². The molecule has 12 heavy (non-hydrogen) atoms. The second-order valence-electron chi connectivity index (χ2n) is 2.56. The van der Waals surface area contributed by atoms with Gasteiger partial charge >= 0.3 is 0 Å². The highest BCUT2D eigenvalue weighted by Crippen LogP contribution is 2.14. The van der Waals surface area contributed by atoms with E-state index in [0.717, 1.165) is 17.8 Å². The highest BCUT2D eigenvalue weighted by Gasteiger charge is 1.95. The topological polar surface area (TPSA) is 51.3 Å². The van der Waals surface area contributed by atoms with Gasteiger partial charge in [-0.2, -0.15) is 0 Å². The number of aliphatic imine (C=N–C) groups is 1. The lowest BCUT2D eigenvalue weighted by Crippen LogP contribution is -2.08. The molecule has 3 heteroatoms. The van der Waals surface area contributed by atoms with E-state index in [2.05, 4.69) is 9.98 Å². The molecule has 0 bridgehead atoms. The Morgan fingerprint density at radius 2 is 2.42 bits per heavy atom. The number of hydrogen-bond acceptors (Lipinski definition) is 2. The van der Waals surface area contributed by atoms with Gasteiger partial charge in [-0.25, -0.2) is 4.99 Å². The predicted molar refractivity (Wildman–Crippen MR) is 50.5 cm³/mol. The Hall–Kier alpha value is -1.38. The van der Waals surface area contributed by atoms with E-state index >= 15 is 0 Å². The van der Waals surface area contributed by atoms with Crippen molar-refractivity contribution in [1.29, 1.82) is 0 Å². The number of pyridine rings is 1. The third-order valence-corrected chi connectivity index (χ3v) is 1.61. The van der Waals surface area contributed by atoms with Crippen molar-refractivity contribution in [3.05, 3.63) is 24.0 Å². The van der Waals surface area contributed by atoms with Crippen LogP contribution in [0.25, 0.3) is 0 Å². The summed E-state index contributed by atoms with van der Waals surface area (Å²) in [5.41, 5.74) is 7.37. The number of aryl methyl sites for hydroxylation is 1. The first kappa shape index (κ1) is 8.71. The molecule has 1 aromatic rings. The van der Waals surface area contributed by atoms with Crippen molar-refractivity contribution >= 4 is 11.5 Å². The SMILES string of the molecule is CCC(N)=Nc1cccnc1C.